The lowest BCUT2D eigenvalue weighted by Gasteiger charge is -2.31. The molecule has 92 valence electrons. The molecule has 1 aromatic rings. The number of aromatic nitrogens is 2. The third-order valence-corrected chi connectivity index (χ3v) is 3.40. The monoisotopic (exact) mass is 224 g/mol. The highest BCUT2D eigenvalue weighted by atomic mass is 15.2. The topological polar surface area (TPSA) is 33.1 Å². The third kappa shape index (κ3) is 3.06. The van der Waals surface area contributed by atoms with Gasteiger partial charge in [0.15, 0.2) is 0 Å². The molecule has 0 aliphatic heterocycles. The van der Waals surface area contributed by atoms with Gasteiger partial charge < -0.3 is 9.88 Å². The second-order valence-corrected chi connectivity index (χ2v) is 4.41. The molecule has 1 rings (SSSR count). The van der Waals surface area contributed by atoms with Crippen LogP contribution in [-0.2, 0) is 13.6 Å². The van der Waals surface area contributed by atoms with Gasteiger partial charge in [-0.1, -0.05) is 6.92 Å². The first-order chi connectivity index (χ1) is 7.60. The average Bonchev–Trinajstić information content (AvgIpc) is 2.66. The first-order valence-corrected chi connectivity index (χ1v) is 5.93. The lowest BCUT2D eigenvalue weighted by Crippen LogP contribution is -2.45. The van der Waals surface area contributed by atoms with Crippen LogP contribution in [0, 0.1) is 0 Å². The lowest BCUT2D eigenvalue weighted by atomic mass is 10.1. The molecule has 0 aliphatic rings. The van der Waals surface area contributed by atoms with Gasteiger partial charge in [0.05, 0.1) is 6.54 Å². The van der Waals surface area contributed by atoms with Gasteiger partial charge in [0.1, 0.15) is 5.82 Å². The summed E-state index contributed by atoms with van der Waals surface area (Å²) in [4.78, 5) is 6.69. The summed E-state index contributed by atoms with van der Waals surface area (Å²) in [5, 5.41) is 3.36. The molecular formula is C12H24N4. The highest BCUT2D eigenvalue weighted by molar-refractivity contribution is 4.92. The van der Waals surface area contributed by atoms with Crippen LogP contribution in [0.2, 0.25) is 0 Å². The summed E-state index contributed by atoms with van der Waals surface area (Å²) >= 11 is 0. The van der Waals surface area contributed by atoms with Crippen LogP contribution in [-0.4, -0.2) is 40.6 Å². The van der Waals surface area contributed by atoms with Gasteiger partial charge >= 0.3 is 0 Å². The number of nitrogens with one attached hydrogen (secondary N) is 1. The minimum Gasteiger partial charge on any atom is -0.337 e. The molecule has 4 nitrogen and oxygen atoms in total. The molecule has 1 heterocycles. The molecule has 1 aromatic heterocycles. The van der Waals surface area contributed by atoms with E-state index in [9.17, 15) is 0 Å². The smallest absolute Gasteiger partial charge is 0.122 e. The van der Waals surface area contributed by atoms with Crippen LogP contribution in [0.4, 0.5) is 0 Å². The molecule has 0 saturated carbocycles. The summed E-state index contributed by atoms with van der Waals surface area (Å²) in [7, 11) is 6.22. The molecule has 0 aliphatic carbocycles. The SMILES string of the molecule is CCC(NC)C(C)N(C)Cc1nccn1C. The van der Waals surface area contributed by atoms with Crippen molar-refractivity contribution in [2.75, 3.05) is 14.1 Å². The molecule has 0 bridgehead atoms. The summed E-state index contributed by atoms with van der Waals surface area (Å²) in [5.41, 5.74) is 0. The van der Waals surface area contributed by atoms with Gasteiger partial charge in [0.2, 0.25) is 0 Å². The Balaban J connectivity index is 2.58. The molecule has 0 saturated heterocycles. The largest absolute Gasteiger partial charge is 0.337 e. The van der Waals surface area contributed by atoms with E-state index in [-0.39, 0.29) is 0 Å². The summed E-state index contributed by atoms with van der Waals surface area (Å²) in [6.07, 6.45) is 4.98. The molecule has 16 heavy (non-hydrogen) atoms. The zero-order valence-corrected chi connectivity index (χ0v) is 11.1. The van der Waals surface area contributed by atoms with E-state index < -0.39 is 0 Å². The number of aryl methyl sites for hydroxylation is 1. The number of nitrogens with zero attached hydrogens (tertiary/aromatic N) is 3. The van der Waals surface area contributed by atoms with Crippen LogP contribution < -0.4 is 5.32 Å². The van der Waals surface area contributed by atoms with E-state index in [0.29, 0.717) is 12.1 Å². The van der Waals surface area contributed by atoms with Gasteiger partial charge in [-0.25, -0.2) is 4.98 Å². The normalized spacial score (nSPS) is 15.4. The Morgan fingerprint density at radius 2 is 2.25 bits per heavy atom. The van der Waals surface area contributed by atoms with E-state index in [0.717, 1.165) is 18.8 Å². The Kier molecular flexibility index (Phi) is 4.96. The Bertz CT molecular complexity index is 304. The van der Waals surface area contributed by atoms with Crippen molar-refractivity contribution in [2.45, 2.75) is 38.9 Å². The van der Waals surface area contributed by atoms with E-state index in [1.54, 1.807) is 0 Å². The van der Waals surface area contributed by atoms with Gasteiger partial charge in [-0.15, -0.1) is 0 Å². The van der Waals surface area contributed by atoms with Crippen molar-refractivity contribution in [3.8, 4) is 0 Å². The number of hydrogen-bond acceptors (Lipinski definition) is 3. The van der Waals surface area contributed by atoms with Crippen molar-refractivity contribution in [1.82, 2.24) is 19.8 Å². The molecule has 0 amide bonds. The molecule has 0 fully saturated rings. The van der Waals surface area contributed by atoms with Crippen molar-refractivity contribution in [3.63, 3.8) is 0 Å². The van der Waals surface area contributed by atoms with Crippen molar-refractivity contribution in [3.05, 3.63) is 18.2 Å². The zero-order chi connectivity index (χ0) is 12.1. The van der Waals surface area contributed by atoms with E-state index in [4.69, 9.17) is 0 Å². The zero-order valence-electron chi connectivity index (χ0n) is 11.1. The van der Waals surface area contributed by atoms with Gasteiger partial charge in [-0.3, -0.25) is 4.90 Å². The first-order valence-electron chi connectivity index (χ1n) is 5.93. The fourth-order valence-electron chi connectivity index (χ4n) is 2.01. The van der Waals surface area contributed by atoms with Crippen molar-refractivity contribution < 1.29 is 0 Å². The van der Waals surface area contributed by atoms with E-state index in [1.165, 1.54) is 0 Å². The number of hydrogen-bond donors (Lipinski definition) is 1. The van der Waals surface area contributed by atoms with Crippen molar-refractivity contribution in [1.29, 1.82) is 0 Å². The maximum absolute atomic E-state index is 4.35. The van der Waals surface area contributed by atoms with E-state index >= 15 is 0 Å². The Hall–Kier alpha value is -0.870. The predicted octanol–water partition coefficient (Wildman–Crippen LogP) is 1.24. The van der Waals surface area contributed by atoms with Gasteiger partial charge in [0.25, 0.3) is 0 Å². The van der Waals surface area contributed by atoms with Crippen molar-refractivity contribution >= 4 is 0 Å². The highest BCUT2D eigenvalue weighted by Crippen LogP contribution is 2.09. The standard InChI is InChI=1S/C12H24N4/c1-6-11(13-3)10(2)16(5)9-12-14-7-8-15(12)4/h7-8,10-11,13H,6,9H2,1-5H3. The summed E-state index contributed by atoms with van der Waals surface area (Å²) in [5.74, 6) is 1.11. The van der Waals surface area contributed by atoms with Gasteiger partial charge in [0, 0.05) is 31.5 Å². The summed E-state index contributed by atoms with van der Waals surface area (Å²) in [6, 6.07) is 1.04. The summed E-state index contributed by atoms with van der Waals surface area (Å²) < 4.78 is 2.07. The molecule has 0 radical (unpaired) electrons. The van der Waals surface area contributed by atoms with Crippen LogP contribution >= 0.6 is 0 Å². The maximum atomic E-state index is 4.35. The van der Waals surface area contributed by atoms with Crippen molar-refractivity contribution in [2.24, 2.45) is 7.05 Å². The molecular weight excluding hydrogens is 200 g/mol. The van der Waals surface area contributed by atoms with Crippen LogP contribution in [0.5, 0.6) is 0 Å². The maximum Gasteiger partial charge on any atom is 0.122 e. The minimum atomic E-state index is 0.506. The molecule has 1 N–H and O–H groups in total. The second-order valence-electron chi connectivity index (χ2n) is 4.41. The van der Waals surface area contributed by atoms with Crippen LogP contribution in [0.1, 0.15) is 26.1 Å². The molecule has 0 spiro atoms. The second kappa shape index (κ2) is 6.01. The highest BCUT2D eigenvalue weighted by Gasteiger charge is 2.18. The lowest BCUT2D eigenvalue weighted by molar-refractivity contribution is 0.195. The van der Waals surface area contributed by atoms with Gasteiger partial charge in [-0.2, -0.15) is 0 Å². The molecule has 4 heteroatoms. The Morgan fingerprint density at radius 3 is 2.69 bits per heavy atom. The molecule has 0 aromatic carbocycles. The predicted molar refractivity (Wildman–Crippen MR) is 67.3 cm³/mol. The first kappa shape index (κ1) is 13.2. The van der Waals surface area contributed by atoms with Crippen LogP contribution in [0.15, 0.2) is 12.4 Å². The van der Waals surface area contributed by atoms with Crippen LogP contribution in [0.25, 0.3) is 0 Å². The summed E-state index contributed by atoms with van der Waals surface area (Å²) in [6.45, 7) is 5.36. The minimum absolute atomic E-state index is 0.506. The quantitative estimate of drug-likeness (QED) is 0.789. The number of imidazole rings is 1. The number of rotatable bonds is 6. The molecule has 2 atom stereocenters. The Labute approximate surface area is 98.7 Å². The van der Waals surface area contributed by atoms with E-state index in [1.807, 2.05) is 26.5 Å². The number of likely N-dealkylation sites (N-methyl/N-ethyl adjacent to an activating group) is 2. The Morgan fingerprint density at radius 1 is 1.56 bits per heavy atom. The third-order valence-electron chi connectivity index (χ3n) is 3.40. The van der Waals surface area contributed by atoms with Gasteiger partial charge in [-0.05, 0) is 27.4 Å². The molecule has 2 unspecified atom stereocenters. The average molecular weight is 224 g/mol. The van der Waals surface area contributed by atoms with Crippen LogP contribution in [0.3, 0.4) is 0 Å². The fourth-order valence-corrected chi connectivity index (χ4v) is 2.01. The fraction of sp³-hybridized carbons (Fsp3) is 0.750. The van der Waals surface area contributed by atoms with E-state index in [2.05, 4.69) is 40.7 Å².